The van der Waals surface area contributed by atoms with Gasteiger partial charge in [0.05, 0.1) is 44.3 Å². The summed E-state index contributed by atoms with van der Waals surface area (Å²) >= 11 is 0. The lowest BCUT2D eigenvalue weighted by molar-refractivity contribution is 1.10. The van der Waals surface area contributed by atoms with Gasteiger partial charge in [-0.1, -0.05) is 121 Å². The zero-order valence-electron chi connectivity index (χ0n) is 37.6. The Labute approximate surface area is 401 Å². The van der Waals surface area contributed by atoms with Gasteiger partial charge in [0.25, 0.3) is 0 Å². The summed E-state index contributed by atoms with van der Waals surface area (Å²) in [7, 11) is 0. The molecule has 0 saturated heterocycles. The predicted molar refractivity (Wildman–Crippen MR) is 288 cm³/mol. The molecule has 15 aromatic rings. The lowest BCUT2D eigenvalue weighted by atomic mass is 10.1. The van der Waals surface area contributed by atoms with Crippen LogP contribution in [-0.4, -0.2) is 33.2 Å². The fourth-order valence-corrected chi connectivity index (χ4v) is 11.2. The highest BCUT2D eigenvalue weighted by Gasteiger charge is 2.24. The van der Waals surface area contributed by atoms with Gasteiger partial charge >= 0.3 is 0 Å². The molecule has 0 N–H and O–H groups in total. The molecule has 0 amide bonds. The van der Waals surface area contributed by atoms with Gasteiger partial charge in [-0.15, -0.1) is 0 Å². The summed E-state index contributed by atoms with van der Waals surface area (Å²) in [5.74, 6) is 0.818. The minimum atomic E-state index is 0.774. The van der Waals surface area contributed by atoms with E-state index < -0.39 is 0 Å². The number of rotatable bonds is 6. The van der Waals surface area contributed by atoms with Gasteiger partial charge < -0.3 is 13.7 Å². The van der Waals surface area contributed by atoms with E-state index in [9.17, 15) is 0 Å². The first-order valence-electron chi connectivity index (χ1n) is 23.7. The van der Waals surface area contributed by atoms with Gasteiger partial charge in [-0.05, 0) is 109 Å². The molecule has 7 heteroatoms. The van der Waals surface area contributed by atoms with E-state index in [4.69, 9.17) is 15.0 Å². The largest absolute Gasteiger partial charge is 0.309 e. The van der Waals surface area contributed by atoms with Crippen molar-refractivity contribution in [1.29, 1.82) is 0 Å². The molecule has 0 unspecified atom stereocenters. The Balaban J connectivity index is 0.962. The minimum Gasteiger partial charge on any atom is -0.309 e. The maximum Gasteiger partial charge on any atom is 0.145 e. The molecule has 0 aliphatic rings. The first kappa shape index (κ1) is 38.5. The number of aromatic nitrogens is 7. The van der Waals surface area contributed by atoms with Gasteiger partial charge in [-0.25, -0.2) is 9.97 Å². The first-order chi connectivity index (χ1) is 34.7. The number of para-hydroxylation sites is 5. The molecule has 0 aliphatic carbocycles. The molecule has 9 aromatic carbocycles. The molecule has 0 saturated carbocycles. The summed E-state index contributed by atoms with van der Waals surface area (Å²) in [4.78, 5) is 15.6. The molecular weight excluding hydrogens is 855 g/mol. The summed E-state index contributed by atoms with van der Waals surface area (Å²) in [6.45, 7) is 0. The molecule has 70 heavy (non-hydrogen) atoms. The Hall–Kier alpha value is -9.59. The fourth-order valence-electron chi connectivity index (χ4n) is 11.2. The molecule has 0 bridgehead atoms. The topological polar surface area (TPSA) is 58.4 Å². The zero-order chi connectivity index (χ0) is 45.9. The molecular formula is C63H39N7. The van der Waals surface area contributed by atoms with E-state index in [2.05, 4.69) is 225 Å². The molecule has 0 spiro atoms. The molecule has 326 valence electrons. The van der Waals surface area contributed by atoms with Crippen molar-refractivity contribution in [2.75, 3.05) is 0 Å². The summed E-state index contributed by atoms with van der Waals surface area (Å²) in [5, 5.41) is 7.32. The molecule has 7 nitrogen and oxygen atoms in total. The van der Waals surface area contributed by atoms with Gasteiger partial charge in [0, 0.05) is 72.4 Å². The van der Waals surface area contributed by atoms with Crippen molar-refractivity contribution in [3.05, 3.63) is 237 Å². The maximum atomic E-state index is 5.47. The molecule has 0 fully saturated rings. The van der Waals surface area contributed by atoms with Crippen molar-refractivity contribution < 1.29 is 0 Å². The third-order valence-electron chi connectivity index (χ3n) is 14.2. The van der Waals surface area contributed by atoms with Gasteiger partial charge in [0.2, 0.25) is 0 Å². The summed E-state index contributed by atoms with van der Waals surface area (Å²) in [6.07, 6.45) is 1.82. The third-order valence-corrected chi connectivity index (χ3v) is 14.2. The number of pyridine rings is 2. The van der Waals surface area contributed by atoms with Crippen molar-refractivity contribution in [3.8, 4) is 45.4 Å². The standard InChI is InChI=1S/C63H39N7/c1-3-16-40(17-4-1)59-62-61(60-52(65-59)24-15-37-64-60)66-63(70(62)42-18-5-2-6-19-42)41-29-31-43(32-30-41)67-57-35-33-44(68-53-25-11-7-20-46(53)47-21-8-12-26-54(47)68)38-50(57)51-39-45(34-36-58(51)67)69-55-27-13-9-22-48(55)49-23-10-14-28-56(49)69/h1-39H. The second-order valence-corrected chi connectivity index (χ2v) is 18.0. The molecule has 6 heterocycles. The normalized spacial score (nSPS) is 12.0. The van der Waals surface area contributed by atoms with Crippen molar-refractivity contribution >= 4 is 87.5 Å². The first-order valence-corrected chi connectivity index (χ1v) is 23.7. The lowest BCUT2D eigenvalue weighted by Gasteiger charge is -2.14. The molecule has 6 aromatic heterocycles. The van der Waals surface area contributed by atoms with Crippen LogP contribution in [0.15, 0.2) is 237 Å². The highest BCUT2D eigenvalue weighted by atomic mass is 15.1. The number of hydrogen-bond donors (Lipinski definition) is 0. The summed E-state index contributed by atoms with van der Waals surface area (Å²) in [6, 6.07) is 82.5. The monoisotopic (exact) mass is 893 g/mol. The van der Waals surface area contributed by atoms with Crippen LogP contribution >= 0.6 is 0 Å². The van der Waals surface area contributed by atoms with Crippen LogP contribution in [0.2, 0.25) is 0 Å². The number of nitrogens with zero attached hydrogens (tertiary/aromatic N) is 7. The Morgan fingerprint density at radius 2 is 0.729 bits per heavy atom. The van der Waals surface area contributed by atoms with Crippen LogP contribution in [0.4, 0.5) is 0 Å². The Morgan fingerprint density at radius 3 is 1.27 bits per heavy atom. The second-order valence-electron chi connectivity index (χ2n) is 18.0. The third kappa shape index (κ3) is 5.60. The quantitative estimate of drug-likeness (QED) is 0.167. The Morgan fingerprint density at radius 1 is 0.286 bits per heavy atom. The van der Waals surface area contributed by atoms with Crippen LogP contribution in [0, 0.1) is 0 Å². The van der Waals surface area contributed by atoms with Crippen LogP contribution in [0.3, 0.4) is 0 Å². The number of benzene rings is 9. The smallest absolute Gasteiger partial charge is 0.145 e. The van der Waals surface area contributed by atoms with E-state index in [1.54, 1.807) is 0 Å². The van der Waals surface area contributed by atoms with Crippen molar-refractivity contribution in [3.63, 3.8) is 0 Å². The molecule has 15 rings (SSSR count). The average Bonchev–Trinajstić information content (AvgIpc) is 4.18. The van der Waals surface area contributed by atoms with Crippen molar-refractivity contribution in [2.45, 2.75) is 0 Å². The van der Waals surface area contributed by atoms with Gasteiger partial charge in [0.1, 0.15) is 22.4 Å². The van der Waals surface area contributed by atoms with E-state index in [-0.39, 0.29) is 0 Å². The molecule has 0 radical (unpaired) electrons. The summed E-state index contributed by atoms with van der Waals surface area (Å²) < 4.78 is 9.49. The van der Waals surface area contributed by atoms with E-state index in [1.165, 1.54) is 54.4 Å². The molecule has 0 atom stereocenters. The van der Waals surface area contributed by atoms with Crippen LogP contribution in [0.1, 0.15) is 0 Å². The maximum absolute atomic E-state index is 5.47. The van der Waals surface area contributed by atoms with E-state index in [0.29, 0.717) is 0 Å². The van der Waals surface area contributed by atoms with Gasteiger partial charge in [-0.2, -0.15) is 0 Å². The van der Waals surface area contributed by atoms with Crippen LogP contribution < -0.4 is 0 Å². The minimum absolute atomic E-state index is 0.774. The van der Waals surface area contributed by atoms with Crippen molar-refractivity contribution in [2.24, 2.45) is 0 Å². The second kappa shape index (κ2) is 15.0. The predicted octanol–water partition coefficient (Wildman–Crippen LogP) is 15.6. The Bertz CT molecular complexity index is 4300. The van der Waals surface area contributed by atoms with Gasteiger partial charge in [-0.3, -0.25) is 9.55 Å². The van der Waals surface area contributed by atoms with Crippen LogP contribution in [0.25, 0.3) is 133 Å². The SMILES string of the molecule is c1ccc(-c2nc3cccnc3c3nc(-c4ccc(-n5c6ccc(-n7c8ccccc8c8ccccc87)cc6c6cc(-n7c8ccccc8c8ccccc87)ccc65)cc4)n(-c4ccccc4)c23)cc1. The lowest BCUT2D eigenvalue weighted by Crippen LogP contribution is -2.00. The van der Waals surface area contributed by atoms with Gasteiger partial charge in [0.15, 0.2) is 0 Å². The van der Waals surface area contributed by atoms with Crippen LogP contribution in [-0.2, 0) is 0 Å². The molecule has 0 aliphatic heterocycles. The van der Waals surface area contributed by atoms with E-state index >= 15 is 0 Å². The highest BCUT2D eigenvalue weighted by Crippen LogP contribution is 2.41. The highest BCUT2D eigenvalue weighted by molar-refractivity contribution is 6.14. The Kier molecular flexibility index (Phi) is 8.23. The summed E-state index contributed by atoms with van der Waals surface area (Å²) in [5.41, 5.74) is 17.5. The van der Waals surface area contributed by atoms with E-state index in [0.717, 1.165) is 78.5 Å². The van der Waals surface area contributed by atoms with E-state index in [1.807, 2.05) is 30.5 Å². The number of hydrogen-bond acceptors (Lipinski definition) is 3. The van der Waals surface area contributed by atoms with Crippen molar-refractivity contribution in [1.82, 2.24) is 33.2 Å². The number of fused-ring (bicyclic) bond motifs is 12. The average molecular weight is 894 g/mol. The zero-order valence-corrected chi connectivity index (χ0v) is 37.6. The van der Waals surface area contributed by atoms with Crippen LogP contribution in [0.5, 0.6) is 0 Å². The fraction of sp³-hybridized carbons (Fsp3) is 0. The number of imidazole rings is 1.